The largest absolute Gasteiger partial charge is 0.237 e. The Morgan fingerprint density at radius 3 is 2.23 bits per heavy atom. The van der Waals surface area contributed by atoms with Crippen molar-refractivity contribution in [2.45, 2.75) is 51.7 Å². The molecule has 0 unspecified atom stereocenters. The molecule has 0 aliphatic carbocycles. The van der Waals surface area contributed by atoms with Crippen molar-refractivity contribution in [2.24, 2.45) is 0 Å². The molecule has 0 aliphatic rings. The van der Waals surface area contributed by atoms with Gasteiger partial charge in [-0.05, 0) is 24.6 Å². The molecule has 0 aliphatic heterocycles. The van der Waals surface area contributed by atoms with E-state index in [1.54, 1.807) is 6.07 Å². The molecule has 0 atom stereocenters. The minimum atomic E-state index is -3.18. The lowest BCUT2D eigenvalue weighted by atomic mass is 10.1. The standard InChI is InChI=1S/C17H17NO2S2.2C2H6/c1-2-3-11-22(19,20)16-12-14-9-10-15(18-17(14)21-16)13-7-5-4-6-8-13;2*1-2/h4-10,12H,2-3,11H2,1H3;2*1-2H3. The molecule has 0 spiro atoms. The van der Waals surface area contributed by atoms with Crippen molar-refractivity contribution in [3.63, 3.8) is 0 Å². The number of hydrogen-bond donors (Lipinski definition) is 0. The Hall–Kier alpha value is -1.72. The third-order valence-corrected chi connectivity index (χ3v) is 6.91. The summed E-state index contributed by atoms with van der Waals surface area (Å²) in [7, 11) is -3.18. The van der Waals surface area contributed by atoms with Gasteiger partial charge in [-0.1, -0.05) is 71.4 Å². The van der Waals surface area contributed by atoms with Gasteiger partial charge in [0.15, 0.2) is 9.84 Å². The number of pyridine rings is 1. The maximum Gasteiger partial charge on any atom is 0.187 e. The topological polar surface area (TPSA) is 47.0 Å². The van der Waals surface area contributed by atoms with E-state index in [9.17, 15) is 8.42 Å². The maximum absolute atomic E-state index is 12.3. The summed E-state index contributed by atoms with van der Waals surface area (Å²) in [4.78, 5) is 5.39. The summed E-state index contributed by atoms with van der Waals surface area (Å²) in [5, 5.41) is 0.889. The average Bonchev–Trinajstić information content (AvgIpc) is 3.14. The molecule has 0 radical (unpaired) electrons. The molecule has 3 rings (SSSR count). The highest BCUT2D eigenvalue weighted by atomic mass is 32.2. The molecule has 3 aromatic rings. The van der Waals surface area contributed by atoms with Gasteiger partial charge in [-0.2, -0.15) is 0 Å². The van der Waals surface area contributed by atoms with Crippen molar-refractivity contribution in [1.82, 2.24) is 4.98 Å². The van der Waals surface area contributed by atoms with Gasteiger partial charge in [0.05, 0.1) is 11.4 Å². The third kappa shape index (κ3) is 5.64. The summed E-state index contributed by atoms with van der Waals surface area (Å²) in [6.07, 6.45) is 1.57. The Labute approximate surface area is 162 Å². The number of unbranched alkanes of at least 4 members (excludes halogenated alkanes) is 1. The molecule has 0 N–H and O–H groups in total. The van der Waals surface area contributed by atoms with Crippen LogP contribution in [0.4, 0.5) is 0 Å². The molecule has 0 saturated carbocycles. The summed E-state index contributed by atoms with van der Waals surface area (Å²) >= 11 is 1.26. The predicted octanol–water partition coefficient (Wildman–Crippen LogP) is 6.59. The summed E-state index contributed by atoms with van der Waals surface area (Å²) in [6.45, 7) is 9.99. The molecule has 26 heavy (non-hydrogen) atoms. The van der Waals surface area contributed by atoms with E-state index in [-0.39, 0.29) is 5.75 Å². The molecule has 5 heteroatoms. The Bertz CT molecular complexity index is 885. The van der Waals surface area contributed by atoms with Gasteiger partial charge in [-0.25, -0.2) is 13.4 Å². The zero-order chi connectivity index (χ0) is 19.6. The van der Waals surface area contributed by atoms with Crippen LogP contribution in [0.1, 0.15) is 47.5 Å². The van der Waals surface area contributed by atoms with Gasteiger partial charge in [-0.15, -0.1) is 11.3 Å². The fraction of sp³-hybridized carbons (Fsp3) is 0.381. The van der Waals surface area contributed by atoms with Crippen LogP contribution in [0.25, 0.3) is 21.5 Å². The Morgan fingerprint density at radius 2 is 1.62 bits per heavy atom. The van der Waals surface area contributed by atoms with Gasteiger partial charge in [0.1, 0.15) is 9.04 Å². The number of aromatic nitrogens is 1. The number of hydrogen-bond acceptors (Lipinski definition) is 4. The molecule has 3 nitrogen and oxygen atoms in total. The molecule has 1 aromatic carbocycles. The monoisotopic (exact) mass is 391 g/mol. The molecule has 0 bridgehead atoms. The van der Waals surface area contributed by atoms with Crippen LogP contribution < -0.4 is 0 Å². The first kappa shape index (κ1) is 22.3. The lowest BCUT2D eigenvalue weighted by molar-refractivity contribution is 0.594. The van der Waals surface area contributed by atoms with E-state index >= 15 is 0 Å². The number of thiophene rings is 1. The number of benzene rings is 1. The summed E-state index contributed by atoms with van der Waals surface area (Å²) in [5.74, 6) is 0.210. The van der Waals surface area contributed by atoms with Gasteiger partial charge < -0.3 is 0 Å². The van der Waals surface area contributed by atoms with Crippen LogP contribution in [0.15, 0.2) is 52.7 Å². The molecule has 2 aromatic heterocycles. The van der Waals surface area contributed by atoms with Crippen LogP contribution in [-0.4, -0.2) is 19.2 Å². The molecule has 0 saturated heterocycles. The molecule has 2 heterocycles. The van der Waals surface area contributed by atoms with E-state index in [2.05, 4.69) is 4.98 Å². The van der Waals surface area contributed by atoms with Crippen LogP contribution in [0.2, 0.25) is 0 Å². The van der Waals surface area contributed by atoms with Gasteiger partial charge in [-0.3, -0.25) is 0 Å². The Kier molecular flexibility index (Phi) is 9.52. The van der Waals surface area contributed by atoms with Crippen molar-refractivity contribution in [3.8, 4) is 11.3 Å². The molecular formula is C21H29NO2S2. The van der Waals surface area contributed by atoms with Crippen LogP contribution in [0.3, 0.4) is 0 Å². The second kappa shape index (κ2) is 11.1. The fourth-order valence-corrected chi connectivity index (χ4v) is 5.19. The number of rotatable bonds is 5. The number of sulfone groups is 1. The summed E-state index contributed by atoms with van der Waals surface area (Å²) < 4.78 is 25.0. The smallest absolute Gasteiger partial charge is 0.187 e. The van der Waals surface area contributed by atoms with Gasteiger partial charge >= 0.3 is 0 Å². The van der Waals surface area contributed by atoms with Gasteiger partial charge in [0.2, 0.25) is 0 Å². The molecule has 0 amide bonds. The van der Waals surface area contributed by atoms with Crippen molar-refractivity contribution in [2.75, 3.05) is 5.75 Å². The Balaban J connectivity index is 0.000000791. The van der Waals surface area contributed by atoms with E-state index < -0.39 is 9.84 Å². The highest BCUT2D eigenvalue weighted by molar-refractivity contribution is 7.93. The minimum absolute atomic E-state index is 0.210. The minimum Gasteiger partial charge on any atom is -0.237 e. The predicted molar refractivity (Wildman–Crippen MR) is 115 cm³/mol. The van der Waals surface area contributed by atoms with Crippen molar-refractivity contribution in [3.05, 3.63) is 48.5 Å². The second-order valence-corrected chi connectivity index (χ2v) is 8.56. The molecule has 0 fully saturated rings. The van der Waals surface area contributed by atoms with Gasteiger partial charge in [0.25, 0.3) is 0 Å². The highest BCUT2D eigenvalue weighted by Crippen LogP contribution is 2.31. The molecular weight excluding hydrogens is 362 g/mol. The van der Waals surface area contributed by atoms with Crippen LogP contribution in [0.5, 0.6) is 0 Å². The normalized spacial score (nSPS) is 10.5. The number of nitrogens with zero attached hydrogens (tertiary/aromatic N) is 1. The highest BCUT2D eigenvalue weighted by Gasteiger charge is 2.17. The van der Waals surface area contributed by atoms with E-state index in [4.69, 9.17) is 0 Å². The number of fused-ring (bicyclic) bond motifs is 1. The summed E-state index contributed by atoms with van der Waals surface area (Å²) in [5.41, 5.74) is 1.90. The van der Waals surface area contributed by atoms with E-state index in [1.165, 1.54) is 11.3 Å². The maximum atomic E-state index is 12.3. The molecule has 142 valence electrons. The van der Waals surface area contributed by atoms with E-state index in [1.807, 2.05) is 77.1 Å². The first-order valence-electron chi connectivity index (χ1n) is 9.29. The quantitative estimate of drug-likeness (QED) is 0.493. The third-order valence-electron chi connectivity index (χ3n) is 3.50. The Morgan fingerprint density at radius 1 is 0.962 bits per heavy atom. The lowest BCUT2D eigenvalue weighted by Gasteiger charge is -1.99. The van der Waals surface area contributed by atoms with Crippen LogP contribution in [-0.2, 0) is 9.84 Å². The fourth-order valence-electron chi connectivity index (χ4n) is 2.25. The van der Waals surface area contributed by atoms with Gasteiger partial charge in [0, 0.05) is 10.9 Å². The SMILES string of the molecule is CC.CC.CCCCS(=O)(=O)c1cc2ccc(-c3ccccc3)nc2s1. The lowest BCUT2D eigenvalue weighted by Crippen LogP contribution is -2.04. The second-order valence-electron chi connectivity index (χ2n) is 5.19. The first-order valence-corrected chi connectivity index (χ1v) is 11.8. The van der Waals surface area contributed by atoms with Crippen molar-refractivity contribution >= 4 is 31.4 Å². The first-order chi connectivity index (χ1) is 12.6. The van der Waals surface area contributed by atoms with Crippen molar-refractivity contribution in [1.29, 1.82) is 0 Å². The van der Waals surface area contributed by atoms with Crippen LogP contribution >= 0.6 is 11.3 Å². The zero-order valence-corrected chi connectivity index (χ0v) is 18.0. The zero-order valence-electron chi connectivity index (χ0n) is 16.3. The van der Waals surface area contributed by atoms with E-state index in [0.717, 1.165) is 27.9 Å². The average molecular weight is 392 g/mol. The summed E-state index contributed by atoms with van der Waals surface area (Å²) in [6, 6.07) is 15.5. The van der Waals surface area contributed by atoms with E-state index in [0.29, 0.717) is 10.6 Å². The van der Waals surface area contributed by atoms with Crippen LogP contribution in [0, 0.1) is 0 Å². The van der Waals surface area contributed by atoms with Crippen molar-refractivity contribution < 1.29 is 8.42 Å².